The van der Waals surface area contributed by atoms with Crippen molar-refractivity contribution in [2.24, 2.45) is 0 Å². The van der Waals surface area contributed by atoms with Crippen LogP contribution in [-0.2, 0) is 0 Å². The lowest BCUT2D eigenvalue weighted by Gasteiger charge is -2.05. The van der Waals surface area contributed by atoms with Gasteiger partial charge in [-0.05, 0) is 29.8 Å². The molecule has 2 aromatic rings. The minimum Gasteiger partial charge on any atom is -0.508 e. The zero-order valence-electron chi connectivity index (χ0n) is 8.01. The molecule has 1 aromatic heterocycles. The van der Waals surface area contributed by atoms with Crippen LogP contribution in [0.25, 0.3) is 0 Å². The fourth-order valence-corrected chi connectivity index (χ4v) is 1.28. The predicted octanol–water partition coefficient (Wildman–Crippen LogP) is 1.49. The molecule has 0 aliphatic rings. The quantitative estimate of drug-likeness (QED) is 0.807. The molecule has 1 heterocycles. The molecule has 78 valence electrons. The van der Waals surface area contributed by atoms with Crippen LogP contribution in [0.3, 0.4) is 0 Å². The van der Waals surface area contributed by atoms with Gasteiger partial charge >= 0.3 is 5.82 Å². The monoisotopic (exact) mass is 207 g/mol. The van der Waals surface area contributed by atoms with Gasteiger partial charge in [-0.2, -0.15) is 0 Å². The van der Waals surface area contributed by atoms with Gasteiger partial charge in [-0.15, -0.1) is 0 Å². The van der Waals surface area contributed by atoms with Crippen LogP contribution >= 0.6 is 0 Å². The molecule has 0 radical (unpaired) electrons. The van der Waals surface area contributed by atoms with Crippen molar-refractivity contribution in [3.8, 4) is 5.75 Å². The van der Waals surface area contributed by atoms with E-state index in [1.54, 1.807) is 24.3 Å². The molecule has 0 amide bonds. The van der Waals surface area contributed by atoms with Crippen molar-refractivity contribution in [1.82, 2.24) is 5.16 Å². The number of nitrogens with zero attached hydrogens (tertiary/aromatic N) is 1. The Morgan fingerprint density at radius 1 is 1.33 bits per heavy atom. The van der Waals surface area contributed by atoms with E-state index in [1.165, 1.54) is 0 Å². The Hall–Kier alpha value is -2.04. The van der Waals surface area contributed by atoms with Crippen molar-refractivity contribution in [2.75, 3.05) is 0 Å². The number of phenols is 1. The summed E-state index contributed by atoms with van der Waals surface area (Å²) in [5.41, 5.74) is 0.879. The topological polar surface area (TPSA) is 76.5 Å². The van der Waals surface area contributed by atoms with Gasteiger partial charge in [0.1, 0.15) is 5.75 Å². The summed E-state index contributed by atoms with van der Waals surface area (Å²) in [6.45, 7) is 1.83. The number of rotatable bonds is 2. The Kier molecular flexibility index (Phi) is 2.29. The summed E-state index contributed by atoms with van der Waals surface area (Å²) in [5.74, 6) is -0.578. The van der Waals surface area contributed by atoms with Crippen molar-refractivity contribution < 1.29 is 14.0 Å². The highest BCUT2D eigenvalue weighted by Crippen LogP contribution is 2.23. The fourth-order valence-electron chi connectivity index (χ4n) is 1.28. The lowest BCUT2D eigenvalue weighted by molar-refractivity contribution is 0.334. The van der Waals surface area contributed by atoms with E-state index in [0.717, 1.165) is 5.56 Å². The largest absolute Gasteiger partial charge is 0.542 e. The van der Waals surface area contributed by atoms with Gasteiger partial charge in [0, 0.05) is 0 Å². The second-order valence-electron chi connectivity index (χ2n) is 3.19. The summed E-state index contributed by atoms with van der Waals surface area (Å²) in [6, 6.07) is 6.58. The number of aromatic hydroxyl groups is 1. The van der Waals surface area contributed by atoms with Crippen molar-refractivity contribution in [3.05, 3.63) is 46.3 Å². The lowest BCUT2D eigenvalue weighted by Crippen LogP contribution is -1.96. The summed E-state index contributed by atoms with van der Waals surface area (Å²) in [6.07, 6.45) is 0. The zero-order chi connectivity index (χ0) is 10.8. The van der Waals surface area contributed by atoms with E-state index in [1.807, 2.05) is 6.92 Å². The molecule has 1 N–H and O–H groups in total. The highest BCUT2D eigenvalue weighted by Gasteiger charge is 2.15. The minimum atomic E-state index is -0.810. The maximum absolute atomic E-state index is 10.6. The summed E-state index contributed by atoms with van der Waals surface area (Å²) >= 11 is 0. The van der Waals surface area contributed by atoms with Crippen molar-refractivity contribution in [1.29, 1.82) is 0 Å². The van der Waals surface area contributed by atoms with Crippen LogP contribution in [0, 0.1) is 0 Å². The fraction of sp³-hybridized carbons (Fsp3) is 0.200. The van der Waals surface area contributed by atoms with Gasteiger partial charge in [0.2, 0.25) is 5.89 Å². The van der Waals surface area contributed by atoms with Gasteiger partial charge in [-0.25, -0.2) is 4.79 Å². The first-order valence-electron chi connectivity index (χ1n) is 4.42. The molecule has 1 unspecified atom stereocenters. The van der Waals surface area contributed by atoms with Gasteiger partial charge in [0.05, 0.1) is 5.92 Å². The van der Waals surface area contributed by atoms with Crippen LogP contribution in [0.15, 0.2) is 38.0 Å². The molecule has 0 spiro atoms. The van der Waals surface area contributed by atoms with Gasteiger partial charge in [0.15, 0.2) is 0 Å². The van der Waals surface area contributed by atoms with Gasteiger partial charge in [0.25, 0.3) is 0 Å². The molecule has 0 aliphatic heterocycles. The van der Waals surface area contributed by atoms with Crippen molar-refractivity contribution in [2.45, 2.75) is 12.8 Å². The predicted molar refractivity (Wildman–Crippen MR) is 50.7 cm³/mol. The number of aromatic nitrogens is 1. The lowest BCUT2D eigenvalue weighted by atomic mass is 10.0. The Morgan fingerprint density at radius 3 is 2.53 bits per heavy atom. The molecule has 5 nitrogen and oxygen atoms in total. The maximum Gasteiger partial charge on any atom is 0.542 e. The third-order valence-corrected chi connectivity index (χ3v) is 2.16. The number of phenolic OH excluding ortho intramolecular Hbond substituents is 1. The summed E-state index contributed by atoms with van der Waals surface area (Å²) in [7, 11) is 0. The first kappa shape index (κ1) is 9.51. The average Bonchev–Trinajstić information content (AvgIpc) is 2.65. The molecule has 0 bridgehead atoms. The first-order valence-corrected chi connectivity index (χ1v) is 4.42. The molecule has 1 aromatic carbocycles. The zero-order valence-corrected chi connectivity index (χ0v) is 8.01. The van der Waals surface area contributed by atoms with Gasteiger partial charge in [-0.1, -0.05) is 12.1 Å². The van der Waals surface area contributed by atoms with Crippen LogP contribution in [0.2, 0.25) is 0 Å². The molecule has 0 saturated heterocycles. The second kappa shape index (κ2) is 3.61. The normalized spacial score (nSPS) is 12.6. The molecule has 1 atom stereocenters. The van der Waals surface area contributed by atoms with Gasteiger partial charge in [-0.3, -0.25) is 4.52 Å². The van der Waals surface area contributed by atoms with Crippen molar-refractivity contribution >= 4 is 0 Å². The van der Waals surface area contributed by atoms with Crippen molar-refractivity contribution in [3.63, 3.8) is 0 Å². The van der Waals surface area contributed by atoms with E-state index in [4.69, 9.17) is 9.52 Å². The summed E-state index contributed by atoms with van der Waals surface area (Å²) in [5, 5.41) is 12.6. The van der Waals surface area contributed by atoms with E-state index in [-0.39, 0.29) is 17.6 Å². The van der Waals surface area contributed by atoms with E-state index in [9.17, 15) is 4.79 Å². The van der Waals surface area contributed by atoms with Gasteiger partial charge < -0.3 is 9.52 Å². The van der Waals surface area contributed by atoms with Crippen LogP contribution < -0.4 is 5.82 Å². The summed E-state index contributed by atoms with van der Waals surface area (Å²) < 4.78 is 9.04. The van der Waals surface area contributed by atoms with E-state index in [0.29, 0.717) is 0 Å². The Morgan fingerprint density at radius 2 is 2.00 bits per heavy atom. The van der Waals surface area contributed by atoms with E-state index >= 15 is 0 Å². The molecule has 15 heavy (non-hydrogen) atoms. The van der Waals surface area contributed by atoms with Crippen LogP contribution in [-0.4, -0.2) is 10.3 Å². The SMILES string of the molecule is CC(c1ccc(O)cc1)c1noc(=O)o1. The molecular formula is C10H9NO4. The Balaban J connectivity index is 2.31. The van der Waals surface area contributed by atoms with Crippen LogP contribution in [0.5, 0.6) is 5.75 Å². The molecule has 0 fully saturated rings. The third kappa shape index (κ3) is 1.90. The van der Waals surface area contributed by atoms with E-state index in [2.05, 4.69) is 9.68 Å². The molecule has 2 rings (SSSR count). The number of hydrogen-bond donors (Lipinski definition) is 1. The van der Waals surface area contributed by atoms with E-state index < -0.39 is 5.82 Å². The average molecular weight is 207 g/mol. The smallest absolute Gasteiger partial charge is 0.508 e. The second-order valence-corrected chi connectivity index (χ2v) is 3.19. The molecule has 0 aliphatic carbocycles. The maximum atomic E-state index is 10.6. The molecule has 5 heteroatoms. The number of hydrogen-bond acceptors (Lipinski definition) is 5. The highest BCUT2D eigenvalue weighted by atomic mass is 16.6. The van der Waals surface area contributed by atoms with Crippen LogP contribution in [0.1, 0.15) is 24.3 Å². The minimum absolute atomic E-state index is 0.183. The molecular weight excluding hydrogens is 198 g/mol. The standard InChI is InChI=1S/C10H9NO4/c1-6(9-11-15-10(13)14-9)7-2-4-8(12)5-3-7/h2-6,12H,1H3. The third-order valence-electron chi connectivity index (χ3n) is 2.16. The number of benzene rings is 1. The first-order chi connectivity index (χ1) is 7.16. The Bertz CT molecular complexity index is 497. The highest BCUT2D eigenvalue weighted by molar-refractivity contribution is 5.30. The van der Waals surface area contributed by atoms with Crippen LogP contribution in [0.4, 0.5) is 0 Å². The Labute approximate surface area is 84.9 Å². The summed E-state index contributed by atoms with van der Waals surface area (Å²) in [4.78, 5) is 10.6. The molecule has 0 saturated carbocycles.